The summed E-state index contributed by atoms with van der Waals surface area (Å²) in [7, 11) is 0. The van der Waals surface area contributed by atoms with Gasteiger partial charge in [-0.25, -0.2) is 0 Å². The largest absolute Gasteiger partial charge is 0.393 e. The van der Waals surface area contributed by atoms with Gasteiger partial charge >= 0.3 is 0 Å². The maximum Gasteiger partial charge on any atom is 0.0760 e. The normalized spacial score (nSPS) is 54.8. The fourth-order valence-corrected chi connectivity index (χ4v) is 7.75. The Labute approximate surface area is 150 Å². The topological polar surface area (TPSA) is 89.2 Å². The minimum atomic E-state index is -0.824. The second kappa shape index (κ2) is 5.87. The first-order valence-corrected chi connectivity index (χ1v) is 10.3. The number of hydrogen-bond donors (Lipinski definition) is 2. The highest BCUT2D eigenvalue weighted by Gasteiger charge is 2.64. The lowest BCUT2D eigenvalue weighted by molar-refractivity contribution is -0.155. The fraction of sp³-hybridized carbons (Fsp3) is 1.00. The highest BCUT2D eigenvalue weighted by molar-refractivity contribution is 5.14. The minimum Gasteiger partial charge on any atom is -0.393 e. The number of nitrogens with zero attached hydrogens (tertiary/aromatic N) is 3. The van der Waals surface area contributed by atoms with Gasteiger partial charge in [-0.15, -0.1) is 0 Å². The third kappa shape index (κ3) is 2.39. The van der Waals surface area contributed by atoms with E-state index in [9.17, 15) is 10.2 Å². The molecule has 4 fully saturated rings. The molecule has 0 aromatic carbocycles. The van der Waals surface area contributed by atoms with Crippen molar-refractivity contribution in [1.29, 1.82) is 0 Å². The van der Waals surface area contributed by atoms with Gasteiger partial charge in [-0.05, 0) is 97.8 Å². The quantitative estimate of drug-likeness (QED) is 0.439. The van der Waals surface area contributed by atoms with E-state index in [2.05, 4.69) is 23.9 Å². The summed E-state index contributed by atoms with van der Waals surface area (Å²) in [4.78, 5) is 2.91. The molecule has 0 unspecified atom stereocenters. The highest BCUT2D eigenvalue weighted by Crippen LogP contribution is 2.68. The molecule has 0 amide bonds. The molecule has 0 aromatic rings. The third-order valence-electron chi connectivity index (χ3n) is 9.36. The van der Waals surface area contributed by atoms with Crippen LogP contribution in [0, 0.1) is 34.5 Å². The maximum absolute atomic E-state index is 11.3. The van der Waals surface area contributed by atoms with Gasteiger partial charge in [0.25, 0.3) is 0 Å². The number of fused-ring (bicyclic) bond motifs is 5. The van der Waals surface area contributed by atoms with Crippen LogP contribution in [0.4, 0.5) is 0 Å². The summed E-state index contributed by atoms with van der Waals surface area (Å²) in [5.41, 5.74) is 8.15. The summed E-state index contributed by atoms with van der Waals surface area (Å²) in [6.07, 6.45) is 9.55. The van der Waals surface area contributed by atoms with E-state index in [1.54, 1.807) is 0 Å². The standard InChI is InChI=1S/C20H33N3O2/c1-18-8-5-14(24)11-13(18)3-4-15-16(18)6-9-19(2)17(15)7-10-20(19,25)12-22-23-21/h13-17,24-25H,3-12H2,1-2H3/t13-,14-,15-,16+,17+,18+,19+,20-/m1/s1. The molecule has 4 saturated carbocycles. The predicted octanol–water partition coefficient (Wildman–Crippen LogP) is 4.43. The molecule has 5 nitrogen and oxygen atoms in total. The molecule has 4 aliphatic rings. The van der Waals surface area contributed by atoms with E-state index in [0.717, 1.165) is 44.4 Å². The van der Waals surface area contributed by atoms with Crippen LogP contribution in [0.5, 0.6) is 0 Å². The van der Waals surface area contributed by atoms with Crippen molar-refractivity contribution in [3.05, 3.63) is 10.4 Å². The molecule has 4 aliphatic carbocycles. The van der Waals surface area contributed by atoms with Crippen LogP contribution >= 0.6 is 0 Å². The van der Waals surface area contributed by atoms with E-state index >= 15 is 0 Å². The van der Waals surface area contributed by atoms with Crippen LogP contribution in [0.15, 0.2) is 5.11 Å². The molecular weight excluding hydrogens is 314 g/mol. The second-order valence-corrected chi connectivity index (χ2v) is 10.0. The van der Waals surface area contributed by atoms with Crippen molar-refractivity contribution in [2.75, 3.05) is 6.54 Å². The summed E-state index contributed by atoms with van der Waals surface area (Å²) in [6, 6.07) is 0. The lowest BCUT2D eigenvalue weighted by Crippen LogP contribution is -2.57. The Morgan fingerprint density at radius 1 is 1.04 bits per heavy atom. The SMILES string of the molecule is C[C@]12CC[C@@H](O)C[C@H]1CC[C@@H]1[C@@H]2CC[C@@]2(C)[C@H]1CC[C@@]2(O)CN=[N+]=[N-]. The fourth-order valence-electron chi connectivity index (χ4n) is 7.75. The monoisotopic (exact) mass is 347 g/mol. The van der Waals surface area contributed by atoms with Crippen molar-refractivity contribution in [2.45, 2.75) is 83.3 Å². The first-order chi connectivity index (χ1) is 11.8. The van der Waals surface area contributed by atoms with Crippen LogP contribution in [-0.2, 0) is 0 Å². The van der Waals surface area contributed by atoms with Crippen molar-refractivity contribution in [2.24, 2.45) is 39.6 Å². The molecule has 0 heterocycles. The van der Waals surface area contributed by atoms with Gasteiger partial charge in [0.15, 0.2) is 0 Å². The van der Waals surface area contributed by atoms with Crippen LogP contribution in [0.25, 0.3) is 10.4 Å². The Kier molecular flexibility index (Phi) is 4.14. The van der Waals surface area contributed by atoms with Gasteiger partial charge in [-0.2, -0.15) is 0 Å². The predicted molar refractivity (Wildman–Crippen MR) is 96.7 cm³/mol. The number of rotatable bonds is 2. The summed E-state index contributed by atoms with van der Waals surface area (Å²) >= 11 is 0. The number of hydrogen-bond acceptors (Lipinski definition) is 3. The molecule has 140 valence electrons. The van der Waals surface area contributed by atoms with E-state index in [-0.39, 0.29) is 18.1 Å². The zero-order valence-corrected chi connectivity index (χ0v) is 15.7. The zero-order chi connectivity index (χ0) is 17.9. The molecule has 0 bridgehead atoms. The number of azide groups is 1. The van der Waals surface area contributed by atoms with Gasteiger partial charge in [0.05, 0.1) is 18.2 Å². The molecule has 0 saturated heterocycles. The van der Waals surface area contributed by atoms with Crippen LogP contribution in [-0.4, -0.2) is 28.5 Å². The molecule has 5 heteroatoms. The lowest BCUT2D eigenvalue weighted by atomic mass is 9.44. The summed E-state index contributed by atoms with van der Waals surface area (Å²) in [5.74, 6) is 2.65. The average Bonchev–Trinajstić information content (AvgIpc) is 2.85. The maximum atomic E-state index is 11.3. The molecule has 0 radical (unpaired) electrons. The summed E-state index contributed by atoms with van der Waals surface area (Å²) in [6.45, 7) is 4.97. The second-order valence-electron chi connectivity index (χ2n) is 10.0. The first-order valence-electron chi connectivity index (χ1n) is 10.3. The van der Waals surface area contributed by atoms with E-state index < -0.39 is 5.60 Å². The van der Waals surface area contributed by atoms with Gasteiger partial charge in [-0.1, -0.05) is 19.0 Å². The van der Waals surface area contributed by atoms with Crippen LogP contribution in [0.1, 0.15) is 71.6 Å². The van der Waals surface area contributed by atoms with E-state index in [1.807, 2.05) is 0 Å². The average molecular weight is 348 g/mol. The van der Waals surface area contributed by atoms with Gasteiger partial charge in [0.1, 0.15) is 0 Å². The van der Waals surface area contributed by atoms with Gasteiger partial charge in [0, 0.05) is 4.91 Å². The van der Waals surface area contributed by atoms with Crippen molar-refractivity contribution in [3.8, 4) is 0 Å². The van der Waals surface area contributed by atoms with Crippen molar-refractivity contribution < 1.29 is 10.2 Å². The lowest BCUT2D eigenvalue weighted by Gasteiger charge is -2.61. The minimum absolute atomic E-state index is 0.0936. The molecule has 0 aromatic heterocycles. The van der Waals surface area contributed by atoms with Crippen molar-refractivity contribution >= 4 is 0 Å². The summed E-state index contributed by atoms with van der Waals surface area (Å²) < 4.78 is 0. The molecular formula is C20H33N3O2. The Bertz CT molecular complexity index is 591. The molecule has 2 N–H and O–H groups in total. The zero-order valence-electron chi connectivity index (χ0n) is 15.7. The highest BCUT2D eigenvalue weighted by atomic mass is 16.3. The molecule has 0 aliphatic heterocycles. The molecule has 4 rings (SSSR count). The van der Waals surface area contributed by atoms with Crippen molar-refractivity contribution in [1.82, 2.24) is 0 Å². The Hall–Kier alpha value is -0.770. The molecule has 0 spiro atoms. The van der Waals surface area contributed by atoms with E-state index in [4.69, 9.17) is 5.53 Å². The van der Waals surface area contributed by atoms with E-state index in [1.165, 1.54) is 19.3 Å². The Morgan fingerprint density at radius 2 is 1.80 bits per heavy atom. The smallest absolute Gasteiger partial charge is 0.0760 e. The first kappa shape index (κ1) is 17.6. The van der Waals surface area contributed by atoms with Crippen molar-refractivity contribution in [3.63, 3.8) is 0 Å². The number of aliphatic hydroxyl groups excluding tert-OH is 1. The molecule has 8 atom stereocenters. The van der Waals surface area contributed by atoms with Gasteiger partial charge < -0.3 is 10.2 Å². The van der Waals surface area contributed by atoms with Crippen LogP contribution in [0.2, 0.25) is 0 Å². The Morgan fingerprint density at radius 3 is 2.56 bits per heavy atom. The number of aliphatic hydroxyl groups is 2. The van der Waals surface area contributed by atoms with Gasteiger partial charge in [0.2, 0.25) is 0 Å². The van der Waals surface area contributed by atoms with Crippen LogP contribution < -0.4 is 0 Å². The van der Waals surface area contributed by atoms with Crippen LogP contribution in [0.3, 0.4) is 0 Å². The third-order valence-corrected chi connectivity index (χ3v) is 9.36. The molecule has 25 heavy (non-hydrogen) atoms. The Balaban J connectivity index is 1.61. The van der Waals surface area contributed by atoms with E-state index in [0.29, 0.717) is 23.2 Å². The summed E-state index contributed by atoms with van der Waals surface area (Å²) in [5, 5.41) is 25.2. The van der Waals surface area contributed by atoms with Gasteiger partial charge in [-0.3, -0.25) is 0 Å².